The first-order valence-corrected chi connectivity index (χ1v) is 10.2. The Morgan fingerprint density at radius 2 is 1.61 bits per heavy atom. The zero-order chi connectivity index (χ0) is 19.4. The molecule has 0 spiro atoms. The average molecular weight is 394 g/mol. The van der Waals surface area contributed by atoms with E-state index in [1.807, 2.05) is 30.4 Å². The molecule has 2 heterocycles. The maximum Gasteiger partial charge on any atom is 0.262 e. The Kier molecular flexibility index (Phi) is 4.99. The topological polar surface area (TPSA) is 77.5 Å². The minimum Gasteiger partial charge on any atom is -0.486 e. The second-order valence-electron chi connectivity index (χ2n) is 6.15. The number of sulfonamides is 1. The maximum absolute atomic E-state index is 12.7. The number of ether oxygens (including phenoxy) is 2. The van der Waals surface area contributed by atoms with Crippen LogP contribution in [0.25, 0.3) is 12.2 Å². The van der Waals surface area contributed by atoms with E-state index >= 15 is 0 Å². The largest absolute Gasteiger partial charge is 0.486 e. The molecule has 0 fully saturated rings. The first kappa shape index (κ1) is 18.1. The van der Waals surface area contributed by atoms with Gasteiger partial charge in [-0.25, -0.2) is 8.42 Å². The van der Waals surface area contributed by atoms with E-state index in [0.29, 0.717) is 30.4 Å². The summed E-state index contributed by atoms with van der Waals surface area (Å²) in [5.74, 6) is 0.983. The lowest BCUT2D eigenvalue weighted by molar-refractivity contribution is 0.171. The number of rotatable bonds is 5. The van der Waals surface area contributed by atoms with Crippen molar-refractivity contribution in [2.24, 2.45) is 0 Å². The van der Waals surface area contributed by atoms with Crippen LogP contribution in [0.1, 0.15) is 11.1 Å². The van der Waals surface area contributed by atoms with E-state index in [9.17, 15) is 8.42 Å². The fourth-order valence-electron chi connectivity index (χ4n) is 2.78. The van der Waals surface area contributed by atoms with Crippen molar-refractivity contribution in [2.75, 3.05) is 17.9 Å². The Labute approximate surface area is 163 Å². The van der Waals surface area contributed by atoms with Crippen molar-refractivity contribution in [2.45, 2.75) is 4.90 Å². The smallest absolute Gasteiger partial charge is 0.262 e. The first-order chi connectivity index (χ1) is 13.6. The van der Waals surface area contributed by atoms with E-state index in [-0.39, 0.29) is 4.90 Å². The molecule has 1 aromatic heterocycles. The predicted molar refractivity (Wildman–Crippen MR) is 108 cm³/mol. The van der Waals surface area contributed by atoms with Crippen LogP contribution in [0.15, 0.2) is 71.9 Å². The summed E-state index contributed by atoms with van der Waals surface area (Å²) >= 11 is 0. The lowest BCUT2D eigenvalue weighted by Gasteiger charge is -2.19. The van der Waals surface area contributed by atoms with E-state index in [0.717, 1.165) is 11.1 Å². The molecule has 7 heteroatoms. The summed E-state index contributed by atoms with van der Waals surface area (Å²) in [6.07, 6.45) is 7.29. The van der Waals surface area contributed by atoms with Gasteiger partial charge in [-0.05, 0) is 47.5 Å². The number of nitrogens with one attached hydrogen (secondary N) is 1. The summed E-state index contributed by atoms with van der Waals surface area (Å²) in [7, 11) is -3.75. The van der Waals surface area contributed by atoms with E-state index in [4.69, 9.17) is 9.47 Å². The van der Waals surface area contributed by atoms with Gasteiger partial charge in [0.15, 0.2) is 11.5 Å². The van der Waals surface area contributed by atoms with Gasteiger partial charge in [0.2, 0.25) is 0 Å². The molecule has 28 heavy (non-hydrogen) atoms. The Hall–Kier alpha value is -3.32. The molecule has 0 aliphatic carbocycles. The molecule has 0 radical (unpaired) electrons. The highest BCUT2D eigenvalue weighted by Gasteiger charge is 2.19. The molecule has 0 saturated carbocycles. The number of aromatic nitrogens is 1. The van der Waals surface area contributed by atoms with E-state index in [1.54, 1.807) is 36.7 Å². The van der Waals surface area contributed by atoms with Gasteiger partial charge in [-0.1, -0.05) is 24.3 Å². The third kappa shape index (κ3) is 4.15. The van der Waals surface area contributed by atoms with Crippen LogP contribution in [0.3, 0.4) is 0 Å². The second kappa shape index (κ2) is 7.74. The van der Waals surface area contributed by atoms with Gasteiger partial charge in [0.1, 0.15) is 13.2 Å². The number of fused-ring (bicyclic) bond motifs is 1. The van der Waals surface area contributed by atoms with Gasteiger partial charge in [0, 0.05) is 24.1 Å². The normalized spacial score (nSPS) is 13.4. The molecule has 1 aliphatic rings. The summed E-state index contributed by atoms with van der Waals surface area (Å²) in [6.45, 7) is 0.854. The third-order valence-corrected chi connectivity index (χ3v) is 5.52. The van der Waals surface area contributed by atoms with Crippen molar-refractivity contribution < 1.29 is 17.9 Å². The lowest BCUT2D eigenvalue weighted by atomic mass is 10.1. The third-order valence-electron chi connectivity index (χ3n) is 4.14. The van der Waals surface area contributed by atoms with Crippen molar-refractivity contribution in [3.8, 4) is 11.5 Å². The number of nitrogens with zero attached hydrogens (tertiary/aromatic N) is 1. The zero-order valence-corrected chi connectivity index (χ0v) is 15.7. The minimum atomic E-state index is -3.75. The summed E-state index contributed by atoms with van der Waals surface area (Å²) in [4.78, 5) is 4.10. The van der Waals surface area contributed by atoms with Gasteiger partial charge in [0.05, 0.1) is 4.90 Å². The first-order valence-electron chi connectivity index (χ1n) is 8.71. The molecular formula is C21H18N2O4S. The molecule has 3 aromatic rings. The summed E-state index contributed by atoms with van der Waals surface area (Å²) in [6, 6.07) is 15.6. The van der Waals surface area contributed by atoms with Crippen LogP contribution in [0.4, 0.5) is 5.69 Å². The van der Waals surface area contributed by atoms with E-state index < -0.39 is 10.0 Å². The van der Waals surface area contributed by atoms with Gasteiger partial charge < -0.3 is 9.47 Å². The quantitative estimate of drug-likeness (QED) is 0.712. The van der Waals surface area contributed by atoms with Gasteiger partial charge in [0.25, 0.3) is 10.0 Å². The van der Waals surface area contributed by atoms with Crippen molar-refractivity contribution in [1.29, 1.82) is 0 Å². The van der Waals surface area contributed by atoms with E-state index in [1.165, 1.54) is 12.1 Å². The maximum atomic E-state index is 12.7. The lowest BCUT2D eigenvalue weighted by Crippen LogP contribution is -2.17. The fourth-order valence-corrected chi connectivity index (χ4v) is 3.84. The number of hydrogen-bond acceptors (Lipinski definition) is 5. The standard InChI is InChI=1S/C21H18N2O4S/c24-28(25,19-6-7-20-21(15-19)27-13-12-26-20)23-18-3-1-2-17(14-18)5-4-16-8-10-22-11-9-16/h1-11,14-15,23H,12-13H2/b5-4+. The zero-order valence-electron chi connectivity index (χ0n) is 14.9. The van der Waals surface area contributed by atoms with Crippen LogP contribution in [0.2, 0.25) is 0 Å². The average Bonchev–Trinajstić information content (AvgIpc) is 2.72. The summed E-state index contributed by atoms with van der Waals surface area (Å²) in [5.41, 5.74) is 2.36. The molecule has 0 saturated heterocycles. The number of anilines is 1. The van der Waals surface area contributed by atoms with Crippen molar-refractivity contribution >= 4 is 27.9 Å². The molecule has 142 valence electrons. The van der Waals surface area contributed by atoms with E-state index in [2.05, 4.69) is 9.71 Å². The van der Waals surface area contributed by atoms with Crippen LogP contribution in [-0.4, -0.2) is 26.6 Å². The van der Waals surface area contributed by atoms with Crippen LogP contribution >= 0.6 is 0 Å². The minimum absolute atomic E-state index is 0.120. The molecule has 0 bridgehead atoms. The number of benzene rings is 2. The Bertz CT molecular complexity index is 1110. The van der Waals surface area contributed by atoms with Gasteiger partial charge >= 0.3 is 0 Å². The van der Waals surface area contributed by atoms with Gasteiger partial charge in [-0.3, -0.25) is 9.71 Å². The second-order valence-corrected chi connectivity index (χ2v) is 7.83. The van der Waals surface area contributed by atoms with Gasteiger partial charge in [-0.2, -0.15) is 0 Å². The Balaban J connectivity index is 1.54. The van der Waals surface area contributed by atoms with Crippen LogP contribution in [0, 0.1) is 0 Å². The fraction of sp³-hybridized carbons (Fsp3) is 0.0952. The molecule has 0 atom stereocenters. The van der Waals surface area contributed by atoms with Crippen LogP contribution in [-0.2, 0) is 10.0 Å². The molecule has 2 aromatic carbocycles. The molecule has 0 amide bonds. The molecule has 1 N–H and O–H groups in total. The highest BCUT2D eigenvalue weighted by atomic mass is 32.2. The van der Waals surface area contributed by atoms with Crippen molar-refractivity contribution in [1.82, 2.24) is 4.98 Å². The van der Waals surface area contributed by atoms with Crippen molar-refractivity contribution in [3.63, 3.8) is 0 Å². The molecule has 6 nitrogen and oxygen atoms in total. The molecular weight excluding hydrogens is 376 g/mol. The Morgan fingerprint density at radius 3 is 2.43 bits per heavy atom. The highest BCUT2D eigenvalue weighted by molar-refractivity contribution is 7.92. The van der Waals surface area contributed by atoms with Crippen LogP contribution < -0.4 is 14.2 Å². The molecule has 1 aliphatic heterocycles. The molecule has 0 unspecified atom stereocenters. The summed E-state index contributed by atoms with van der Waals surface area (Å²) < 4.78 is 39.0. The van der Waals surface area contributed by atoms with Crippen LogP contribution in [0.5, 0.6) is 11.5 Å². The monoisotopic (exact) mass is 394 g/mol. The SMILES string of the molecule is O=S(=O)(Nc1cccc(/C=C/c2ccncc2)c1)c1ccc2c(c1)OCCO2. The number of hydrogen-bond donors (Lipinski definition) is 1. The predicted octanol–water partition coefficient (Wildman–Crippen LogP) is 3.82. The number of pyridine rings is 1. The molecule has 4 rings (SSSR count). The van der Waals surface area contributed by atoms with Crippen molar-refractivity contribution in [3.05, 3.63) is 78.1 Å². The highest BCUT2D eigenvalue weighted by Crippen LogP contribution is 2.32. The Morgan fingerprint density at radius 1 is 0.857 bits per heavy atom. The van der Waals surface area contributed by atoms with Gasteiger partial charge in [-0.15, -0.1) is 0 Å². The summed E-state index contributed by atoms with van der Waals surface area (Å²) in [5, 5.41) is 0.